The summed E-state index contributed by atoms with van der Waals surface area (Å²) in [7, 11) is 1.69. The van der Waals surface area contributed by atoms with Crippen LogP contribution in [0.1, 0.15) is 50.8 Å². The second-order valence-corrected chi connectivity index (χ2v) is 8.10. The van der Waals surface area contributed by atoms with Crippen LogP contribution in [-0.2, 0) is 11.3 Å². The van der Waals surface area contributed by atoms with Gasteiger partial charge in [-0.3, -0.25) is 9.80 Å². The Hall–Kier alpha value is -2.40. The molecule has 2 aromatic rings. The van der Waals surface area contributed by atoms with Crippen LogP contribution in [0.15, 0.2) is 48.7 Å². The van der Waals surface area contributed by atoms with Crippen molar-refractivity contribution in [3.05, 3.63) is 59.8 Å². The standard InChI is InChI=1S/C22H29N3O2/c1-22(2,3)27-21(26)24(4)20-13-12-18(15-23-20)19-11-8-14-25(19)16-17-9-6-5-7-10-17/h5-7,9-10,12-13,15,19H,8,11,14,16H2,1-4H3/t19-/m1/s1. The number of anilines is 1. The van der Waals surface area contributed by atoms with Crippen molar-refractivity contribution >= 4 is 11.9 Å². The normalized spacial score (nSPS) is 17.7. The third-order valence-corrected chi connectivity index (χ3v) is 4.76. The van der Waals surface area contributed by atoms with E-state index in [-0.39, 0.29) is 0 Å². The molecule has 1 aromatic carbocycles. The van der Waals surface area contributed by atoms with E-state index >= 15 is 0 Å². The monoisotopic (exact) mass is 367 g/mol. The third-order valence-electron chi connectivity index (χ3n) is 4.76. The van der Waals surface area contributed by atoms with Gasteiger partial charge in [-0.25, -0.2) is 9.78 Å². The number of carbonyl (C=O) groups excluding carboxylic acids is 1. The number of carbonyl (C=O) groups is 1. The molecule has 0 saturated carbocycles. The summed E-state index contributed by atoms with van der Waals surface area (Å²) in [5, 5.41) is 0. The Balaban J connectivity index is 1.68. The van der Waals surface area contributed by atoms with Gasteiger partial charge < -0.3 is 4.74 Å². The molecule has 2 heterocycles. The fourth-order valence-corrected chi connectivity index (χ4v) is 3.43. The highest BCUT2D eigenvalue weighted by molar-refractivity contribution is 5.85. The van der Waals surface area contributed by atoms with Crippen LogP contribution in [0.25, 0.3) is 0 Å². The Kier molecular flexibility index (Phi) is 5.80. The average Bonchev–Trinajstić information content (AvgIpc) is 3.09. The molecule has 0 unspecified atom stereocenters. The summed E-state index contributed by atoms with van der Waals surface area (Å²) < 4.78 is 5.41. The van der Waals surface area contributed by atoms with Crippen LogP contribution < -0.4 is 4.90 Å². The summed E-state index contributed by atoms with van der Waals surface area (Å²) in [6.45, 7) is 7.62. The van der Waals surface area contributed by atoms with Gasteiger partial charge in [0.1, 0.15) is 11.4 Å². The Labute approximate surface area is 162 Å². The van der Waals surface area contributed by atoms with E-state index < -0.39 is 11.7 Å². The van der Waals surface area contributed by atoms with Gasteiger partial charge in [-0.2, -0.15) is 0 Å². The lowest BCUT2D eigenvalue weighted by Gasteiger charge is -2.26. The molecule has 1 atom stereocenters. The number of benzene rings is 1. The molecule has 1 fully saturated rings. The number of rotatable bonds is 4. The van der Waals surface area contributed by atoms with E-state index in [1.807, 2.05) is 33.0 Å². The minimum atomic E-state index is -0.521. The molecule has 5 nitrogen and oxygen atoms in total. The van der Waals surface area contributed by atoms with Crippen molar-refractivity contribution in [2.24, 2.45) is 0 Å². The lowest BCUT2D eigenvalue weighted by molar-refractivity contribution is 0.0588. The van der Waals surface area contributed by atoms with Crippen molar-refractivity contribution in [3.63, 3.8) is 0 Å². The van der Waals surface area contributed by atoms with Crippen molar-refractivity contribution in [3.8, 4) is 0 Å². The molecule has 1 amide bonds. The largest absolute Gasteiger partial charge is 0.443 e. The van der Waals surface area contributed by atoms with Crippen molar-refractivity contribution < 1.29 is 9.53 Å². The van der Waals surface area contributed by atoms with Gasteiger partial charge in [-0.15, -0.1) is 0 Å². The van der Waals surface area contributed by atoms with Gasteiger partial charge in [0.05, 0.1) is 0 Å². The van der Waals surface area contributed by atoms with Crippen LogP contribution >= 0.6 is 0 Å². The second-order valence-electron chi connectivity index (χ2n) is 8.10. The van der Waals surface area contributed by atoms with Crippen molar-refractivity contribution in [2.45, 2.75) is 51.8 Å². The molecule has 1 saturated heterocycles. The minimum Gasteiger partial charge on any atom is -0.443 e. The first kappa shape index (κ1) is 19.4. The lowest BCUT2D eigenvalue weighted by Crippen LogP contribution is -2.34. The zero-order valence-electron chi connectivity index (χ0n) is 16.7. The molecular weight excluding hydrogens is 338 g/mol. The van der Waals surface area contributed by atoms with Crippen LogP contribution in [-0.4, -0.2) is 35.2 Å². The summed E-state index contributed by atoms with van der Waals surface area (Å²) in [5.41, 5.74) is 2.01. The topological polar surface area (TPSA) is 45.7 Å². The highest BCUT2D eigenvalue weighted by Gasteiger charge is 2.27. The Morgan fingerprint density at radius 2 is 1.96 bits per heavy atom. The van der Waals surface area contributed by atoms with Crippen LogP contribution in [0, 0.1) is 0 Å². The smallest absolute Gasteiger partial charge is 0.415 e. The molecule has 0 aliphatic carbocycles. The molecule has 1 aliphatic heterocycles. The number of aromatic nitrogens is 1. The van der Waals surface area contributed by atoms with E-state index in [4.69, 9.17) is 4.74 Å². The van der Waals surface area contributed by atoms with Crippen molar-refractivity contribution in [2.75, 3.05) is 18.5 Å². The lowest BCUT2D eigenvalue weighted by atomic mass is 10.1. The second kappa shape index (κ2) is 8.09. The number of ether oxygens (including phenoxy) is 1. The van der Waals surface area contributed by atoms with Crippen LogP contribution in [0.5, 0.6) is 0 Å². The number of nitrogens with zero attached hydrogens (tertiary/aromatic N) is 3. The maximum Gasteiger partial charge on any atom is 0.415 e. The first-order chi connectivity index (χ1) is 12.8. The number of amides is 1. The maximum atomic E-state index is 12.2. The summed E-state index contributed by atoms with van der Waals surface area (Å²) in [6.07, 6.45) is 3.83. The summed E-state index contributed by atoms with van der Waals surface area (Å²) in [5.74, 6) is 0.598. The minimum absolute atomic E-state index is 0.374. The highest BCUT2D eigenvalue weighted by atomic mass is 16.6. The molecule has 0 radical (unpaired) electrons. The van der Waals surface area contributed by atoms with Crippen LogP contribution in [0.3, 0.4) is 0 Å². The van der Waals surface area contributed by atoms with E-state index in [1.165, 1.54) is 22.4 Å². The van der Waals surface area contributed by atoms with Gasteiger partial charge in [0, 0.05) is 25.8 Å². The van der Waals surface area contributed by atoms with Crippen LogP contribution in [0.2, 0.25) is 0 Å². The first-order valence-corrected chi connectivity index (χ1v) is 9.54. The Morgan fingerprint density at radius 3 is 2.59 bits per heavy atom. The number of hydrogen-bond acceptors (Lipinski definition) is 4. The number of pyridine rings is 1. The molecule has 0 spiro atoms. The third kappa shape index (κ3) is 5.07. The molecule has 1 aliphatic rings. The summed E-state index contributed by atoms with van der Waals surface area (Å²) in [6, 6.07) is 14.9. The van der Waals surface area contributed by atoms with E-state index in [0.29, 0.717) is 11.9 Å². The van der Waals surface area contributed by atoms with E-state index in [9.17, 15) is 4.79 Å². The SMILES string of the molecule is CN(C(=O)OC(C)(C)C)c1ccc([C@H]2CCCN2Cc2ccccc2)cn1. The van der Waals surface area contributed by atoms with E-state index in [2.05, 4.69) is 46.3 Å². The fraction of sp³-hybridized carbons (Fsp3) is 0.455. The molecule has 5 heteroatoms. The Bertz CT molecular complexity index is 753. The number of hydrogen-bond donors (Lipinski definition) is 0. The average molecular weight is 367 g/mol. The van der Waals surface area contributed by atoms with Crippen molar-refractivity contribution in [1.82, 2.24) is 9.88 Å². The van der Waals surface area contributed by atoms with Gasteiger partial charge in [-0.1, -0.05) is 36.4 Å². The Morgan fingerprint density at radius 1 is 1.22 bits per heavy atom. The van der Waals surface area contributed by atoms with Gasteiger partial charge in [0.15, 0.2) is 0 Å². The fourth-order valence-electron chi connectivity index (χ4n) is 3.43. The maximum absolute atomic E-state index is 12.2. The molecule has 0 bridgehead atoms. The predicted molar refractivity (Wildman–Crippen MR) is 108 cm³/mol. The summed E-state index contributed by atoms with van der Waals surface area (Å²) in [4.78, 5) is 20.7. The summed E-state index contributed by atoms with van der Waals surface area (Å²) >= 11 is 0. The van der Waals surface area contributed by atoms with Crippen molar-refractivity contribution in [1.29, 1.82) is 0 Å². The van der Waals surface area contributed by atoms with Gasteiger partial charge in [0.2, 0.25) is 0 Å². The quantitative estimate of drug-likeness (QED) is 0.779. The molecule has 1 aromatic heterocycles. The zero-order chi connectivity index (χ0) is 19.4. The van der Waals surface area contributed by atoms with Gasteiger partial charge in [0.25, 0.3) is 0 Å². The molecule has 0 N–H and O–H groups in total. The zero-order valence-corrected chi connectivity index (χ0v) is 16.7. The van der Waals surface area contributed by atoms with Crippen LogP contribution in [0.4, 0.5) is 10.6 Å². The molecule has 3 rings (SSSR count). The van der Waals surface area contributed by atoms with Gasteiger partial charge >= 0.3 is 6.09 Å². The molecular formula is C22H29N3O2. The number of likely N-dealkylation sites (tertiary alicyclic amines) is 1. The predicted octanol–water partition coefficient (Wildman–Crippen LogP) is 4.79. The van der Waals surface area contributed by atoms with E-state index in [1.54, 1.807) is 7.05 Å². The first-order valence-electron chi connectivity index (χ1n) is 9.54. The molecule has 27 heavy (non-hydrogen) atoms. The van der Waals surface area contributed by atoms with Gasteiger partial charge in [-0.05, 0) is 57.4 Å². The highest BCUT2D eigenvalue weighted by Crippen LogP contribution is 2.33. The molecule has 144 valence electrons. The van der Waals surface area contributed by atoms with E-state index in [0.717, 1.165) is 19.5 Å².